The summed E-state index contributed by atoms with van der Waals surface area (Å²) in [6.07, 6.45) is 0.264. The van der Waals surface area contributed by atoms with Crippen molar-refractivity contribution in [3.05, 3.63) is 28.7 Å². The maximum absolute atomic E-state index is 12.5. The predicted molar refractivity (Wildman–Crippen MR) is 76.9 cm³/mol. The Morgan fingerprint density at radius 2 is 1.86 bits per heavy atom. The number of amides is 3. The number of carbonyl (C=O) groups is 2. The van der Waals surface area contributed by atoms with Crippen molar-refractivity contribution in [1.29, 1.82) is 0 Å². The van der Waals surface area contributed by atoms with Crippen LogP contribution >= 0.6 is 15.9 Å². The molecular weight excluding hydrogens is 362 g/mol. The van der Waals surface area contributed by atoms with Crippen LogP contribution in [-0.2, 0) is 14.8 Å². The van der Waals surface area contributed by atoms with Gasteiger partial charge in [0.2, 0.25) is 10.0 Å². The van der Waals surface area contributed by atoms with Crippen LogP contribution < -0.4 is 10.6 Å². The number of hydrogen-bond donors (Lipinski definition) is 2. The summed E-state index contributed by atoms with van der Waals surface area (Å²) in [7, 11) is -3.68. The molecule has 9 heteroatoms. The van der Waals surface area contributed by atoms with Gasteiger partial charge in [-0.1, -0.05) is 15.9 Å². The quantitative estimate of drug-likeness (QED) is 0.734. The summed E-state index contributed by atoms with van der Waals surface area (Å²) in [6.45, 7) is 0.134. The van der Waals surface area contributed by atoms with Crippen LogP contribution in [0.4, 0.5) is 4.79 Å². The Hall–Kier alpha value is -1.45. The average molecular weight is 374 g/mol. The summed E-state index contributed by atoms with van der Waals surface area (Å²) in [6, 6.07) is 5.70. The molecule has 1 aromatic rings. The number of rotatable bonds is 2. The standard InChI is InChI=1S/C12H12BrN3O4S/c13-8-1-3-9(4-2-8)21(19,20)16-6-5-12(7-16)10(17)14-11(18)15-12/h1-4H,5-7H2,(H2,14,15,17,18). The summed E-state index contributed by atoms with van der Waals surface area (Å²) in [5.41, 5.74) is -1.14. The van der Waals surface area contributed by atoms with E-state index in [0.29, 0.717) is 0 Å². The lowest BCUT2D eigenvalue weighted by atomic mass is 10.00. The van der Waals surface area contributed by atoms with Crippen molar-refractivity contribution in [3.63, 3.8) is 0 Å². The third-order valence-electron chi connectivity index (χ3n) is 3.70. The number of urea groups is 1. The van der Waals surface area contributed by atoms with E-state index < -0.39 is 27.5 Å². The Morgan fingerprint density at radius 3 is 2.43 bits per heavy atom. The Labute approximate surface area is 129 Å². The molecule has 2 heterocycles. The van der Waals surface area contributed by atoms with Gasteiger partial charge in [-0.15, -0.1) is 0 Å². The van der Waals surface area contributed by atoms with Gasteiger partial charge in [-0.05, 0) is 30.7 Å². The summed E-state index contributed by atoms with van der Waals surface area (Å²) < 4.78 is 27.1. The Balaban J connectivity index is 1.87. The lowest BCUT2D eigenvalue weighted by Crippen LogP contribution is -2.49. The maximum Gasteiger partial charge on any atom is 0.322 e. The summed E-state index contributed by atoms with van der Waals surface area (Å²) in [5, 5.41) is 4.68. The zero-order valence-corrected chi connectivity index (χ0v) is 13.2. The van der Waals surface area contributed by atoms with Crippen LogP contribution in [0.3, 0.4) is 0 Å². The molecule has 21 heavy (non-hydrogen) atoms. The van der Waals surface area contributed by atoms with E-state index in [-0.39, 0.29) is 24.4 Å². The molecule has 1 atom stereocenters. The number of hydrogen-bond acceptors (Lipinski definition) is 4. The minimum Gasteiger partial charge on any atom is -0.322 e. The van der Waals surface area contributed by atoms with Crippen LogP contribution in [0.2, 0.25) is 0 Å². The van der Waals surface area contributed by atoms with E-state index in [9.17, 15) is 18.0 Å². The maximum atomic E-state index is 12.5. The normalized spacial score (nSPS) is 26.1. The fraction of sp³-hybridized carbons (Fsp3) is 0.333. The van der Waals surface area contributed by atoms with Crippen molar-refractivity contribution in [1.82, 2.24) is 14.9 Å². The number of sulfonamides is 1. The fourth-order valence-electron chi connectivity index (χ4n) is 2.55. The molecule has 1 unspecified atom stereocenters. The number of halogens is 1. The van der Waals surface area contributed by atoms with Gasteiger partial charge in [-0.25, -0.2) is 13.2 Å². The highest BCUT2D eigenvalue weighted by Crippen LogP contribution is 2.29. The molecule has 0 aliphatic carbocycles. The Morgan fingerprint density at radius 1 is 1.19 bits per heavy atom. The predicted octanol–water partition coefficient (Wildman–Crippen LogP) is 0.422. The molecule has 2 N–H and O–H groups in total. The highest BCUT2D eigenvalue weighted by molar-refractivity contribution is 9.10. The average Bonchev–Trinajstić information content (AvgIpc) is 2.96. The van der Waals surface area contributed by atoms with Crippen molar-refractivity contribution in [2.45, 2.75) is 16.9 Å². The second-order valence-electron chi connectivity index (χ2n) is 5.03. The molecule has 0 bridgehead atoms. The molecule has 2 fully saturated rings. The first-order chi connectivity index (χ1) is 9.83. The molecule has 0 radical (unpaired) electrons. The van der Waals surface area contributed by atoms with E-state index in [1.165, 1.54) is 16.4 Å². The van der Waals surface area contributed by atoms with E-state index >= 15 is 0 Å². The second-order valence-corrected chi connectivity index (χ2v) is 7.89. The number of nitrogens with one attached hydrogen (secondary N) is 2. The van der Waals surface area contributed by atoms with E-state index in [1.807, 2.05) is 0 Å². The van der Waals surface area contributed by atoms with Crippen molar-refractivity contribution >= 4 is 37.9 Å². The van der Waals surface area contributed by atoms with E-state index in [4.69, 9.17) is 0 Å². The van der Waals surface area contributed by atoms with Crippen LogP contribution in [0, 0.1) is 0 Å². The van der Waals surface area contributed by atoms with Crippen LogP contribution in [-0.4, -0.2) is 43.3 Å². The van der Waals surface area contributed by atoms with Crippen molar-refractivity contribution in [2.75, 3.05) is 13.1 Å². The first-order valence-electron chi connectivity index (χ1n) is 6.23. The number of nitrogens with zero attached hydrogens (tertiary/aromatic N) is 1. The van der Waals surface area contributed by atoms with Gasteiger partial charge in [0.15, 0.2) is 0 Å². The van der Waals surface area contributed by atoms with Gasteiger partial charge >= 0.3 is 6.03 Å². The lowest BCUT2D eigenvalue weighted by molar-refractivity contribution is -0.123. The third-order valence-corrected chi connectivity index (χ3v) is 6.09. The zero-order valence-electron chi connectivity index (χ0n) is 10.8. The molecule has 3 rings (SSSR count). The highest BCUT2D eigenvalue weighted by atomic mass is 79.9. The Kier molecular flexibility index (Phi) is 3.30. The van der Waals surface area contributed by atoms with Gasteiger partial charge in [-0.3, -0.25) is 10.1 Å². The molecule has 1 spiro atoms. The molecule has 2 saturated heterocycles. The molecule has 112 valence electrons. The van der Waals surface area contributed by atoms with Gasteiger partial charge in [-0.2, -0.15) is 4.31 Å². The molecule has 0 aromatic heterocycles. The molecule has 1 aromatic carbocycles. The van der Waals surface area contributed by atoms with E-state index in [0.717, 1.165) is 4.47 Å². The van der Waals surface area contributed by atoms with Crippen LogP contribution in [0.15, 0.2) is 33.6 Å². The third kappa shape index (κ3) is 2.34. The van der Waals surface area contributed by atoms with Crippen molar-refractivity contribution in [3.8, 4) is 0 Å². The smallest absolute Gasteiger partial charge is 0.322 e. The molecule has 2 aliphatic heterocycles. The van der Waals surface area contributed by atoms with Crippen molar-refractivity contribution in [2.24, 2.45) is 0 Å². The summed E-state index contributed by atoms with van der Waals surface area (Å²) in [4.78, 5) is 23.3. The van der Waals surface area contributed by atoms with Crippen LogP contribution in [0.5, 0.6) is 0 Å². The molecule has 0 saturated carbocycles. The van der Waals surface area contributed by atoms with Crippen LogP contribution in [0.1, 0.15) is 6.42 Å². The van der Waals surface area contributed by atoms with Gasteiger partial charge in [0.25, 0.3) is 5.91 Å². The molecular formula is C12H12BrN3O4S. The van der Waals surface area contributed by atoms with Gasteiger partial charge < -0.3 is 5.32 Å². The number of carbonyl (C=O) groups excluding carboxylic acids is 2. The zero-order chi connectivity index (χ0) is 15.3. The molecule has 7 nitrogen and oxygen atoms in total. The SMILES string of the molecule is O=C1NC(=O)C2(CCN(S(=O)(=O)c3ccc(Br)cc3)C2)N1. The van der Waals surface area contributed by atoms with Gasteiger partial charge in [0.05, 0.1) is 4.90 Å². The number of imide groups is 1. The lowest BCUT2D eigenvalue weighted by Gasteiger charge is -2.21. The second kappa shape index (κ2) is 4.79. The van der Waals surface area contributed by atoms with Crippen LogP contribution in [0.25, 0.3) is 0 Å². The van der Waals surface area contributed by atoms with E-state index in [1.54, 1.807) is 12.1 Å². The van der Waals surface area contributed by atoms with E-state index in [2.05, 4.69) is 26.6 Å². The van der Waals surface area contributed by atoms with Crippen molar-refractivity contribution < 1.29 is 18.0 Å². The Bertz CT molecular complexity index is 719. The largest absolute Gasteiger partial charge is 0.322 e. The topological polar surface area (TPSA) is 95.6 Å². The minimum absolute atomic E-state index is 0.0526. The highest BCUT2D eigenvalue weighted by Gasteiger charge is 2.53. The summed E-state index contributed by atoms with van der Waals surface area (Å²) >= 11 is 3.25. The summed E-state index contributed by atoms with van der Waals surface area (Å²) in [5.74, 6) is -0.471. The monoisotopic (exact) mass is 373 g/mol. The molecule has 2 aliphatic rings. The van der Waals surface area contributed by atoms with Gasteiger partial charge in [0.1, 0.15) is 5.54 Å². The molecule has 3 amide bonds. The van der Waals surface area contributed by atoms with Gasteiger partial charge in [0, 0.05) is 17.6 Å². The fourth-order valence-corrected chi connectivity index (χ4v) is 4.32. The first kappa shape index (κ1) is 14.5. The number of benzene rings is 1. The first-order valence-corrected chi connectivity index (χ1v) is 8.46. The minimum atomic E-state index is -3.68.